The number of nitrogens with zero attached hydrogens (tertiary/aromatic N) is 1. The third kappa shape index (κ3) is 6.70. The summed E-state index contributed by atoms with van der Waals surface area (Å²) in [5.41, 5.74) is 2.77. The van der Waals surface area contributed by atoms with Gasteiger partial charge in [-0.15, -0.1) is 0 Å². The largest absolute Gasteiger partial charge is 0.483 e. The van der Waals surface area contributed by atoms with Crippen LogP contribution < -0.4 is 20.3 Å². The average molecular weight is 483 g/mol. The van der Waals surface area contributed by atoms with Crippen molar-refractivity contribution in [2.45, 2.75) is 26.6 Å². The Balaban J connectivity index is 1.56. The van der Waals surface area contributed by atoms with Crippen molar-refractivity contribution in [1.82, 2.24) is 4.73 Å². The molecule has 0 aliphatic heterocycles. The van der Waals surface area contributed by atoms with Crippen molar-refractivity contribution < 1.29 is 19.2 Å². The molecule has 1 amide bonds. The van der Waals surface area contributed by atoms with Gasteiger partial charge in [0.1, 0.15) is 24.7 Å². The lowest BCUT2D eigenvalue weighted by Gasteiger charge is -2.16. The van der Waals surface area contributed by atoms with Crippen LogP contribution in [-0.2, 0) is 24.4 Å². The summed E-state index contributed by atoms with van der Waals surface area (Å²) in [5, 5.41) is 2.78. The summed E-state index contributed by atoms with van der Waals surface area (Å²) >= 11 is 0. The van der Waals surface area contributed by atoms with Crippen LogP contribution >= 0.6 is 0 Å². The van der Waals surface area contributed by atoms with E-state index in [1.165, 1.54) is 23.9 Å². The van der Waals surface area contributed by atoms with Crippen LogP contribution in [0.1, 0.15) is 34.1 Å². The standard InChI is InChI=1S/C29H26N2O5/c1-21(32)16-22-12-14-25(15-13-22)30-29(34)26-17-27(33)28(35-19-23-8-4-2-5-9-23)18-31(26)36-20-24-10-6-3-7-11-24/h2-15,17-18H,16,19-20H2,1H3,(H,30,34). The van der Waals surface area contributed by atoms with E-state index in [0.717, 1.165) is 16.7 Å². The second kappa shape index (κ2) is 11.7. The molecule has 0 unspecified atom stereocenters. The van der Waals surface area contributed by atoms with E-state index in [1.54, 1.807) is 24.3 Å². The van der Waals surface area contributed by atoms with Crippen LogP contribution in [0, 0.1) is 0 Å². The van der Waals surface area contributed by atoms with E-state index in [2.05, 4.69) is 5.32 Å². The average Bonchev–Trinajstić information content (AvgIpc) is 2.89. The normalized spacial score (nSPS) is 10.5. The Morgan fingerprint density at radius 1 is 0.806 bits per heavy atom. The summed E-state index contributed by atoms with van der Waals surface area (Å²) in [7, 11) is 0. The van der Waals surface area contributed by atoms with Gasteiger partial charge in [-0.25, -0.2) is 0 Å². The van der Waals surface area contributed by atoms with Crippen molar-refractivity contribution in [3.8, 4) is 5.75 Å². The fraction of sp³-hybridized carbons (Fsp3) is 0.138. The Kier molecular flexibility index (Phi) is 7.93. The van der Waals surface area contributed by atoms with Gasteiger partial charge in [-0.3, -0.25) is 14.4 Å². The van der Waals surface area contributed by atoms with E-state index in [-0.39, 0.29) is 30.4 Å². The number of carbonyl (C=O) groups excluding carboxylic acids is 2. The van der Waals surface area contributed by atoms with Gasteiger partial charge >= 0.3 is 0 Å². The molecule has 0 fully saturated rings. The molecule has 3 aromatic carbocycles. The van der Waals surface area contributed by atoms with Gasteiger partial charge in [-0.05, 0) is 35.7 Å². The molecule has 4 aromatic rings. The number of ether oxygens (including phenoxy) is 1. The Morgan fingerprint density at radius 3 is 2.03 bits per heavy atom. The summed E-state index contributed by atoms with van der Waals surface area (Å²) in [5.74, 6) is -0.396. The highest BCUT2D eigenvalue weighted by Gasteiger charge is 2.17. The predicted octanol–water partition coefficient (Wildman–Crippen LogP) is 4.44. The highest BCUT2D eigenvalue weighted by molar-refractivity contribution is 6.03. The van der Waals surface area contributed by atoms with Crippen molar-refractivity contribution in [1.29, 1.82) is 0 Å². The van der Waals surface area contributed by atoms with E-state index in [1.807, 2.05) is 60.7 Å². The maximum Gasteiger partial charge on any atom is 0.275 e. The molecule has 0 saturated heterocycles. The zero-order valence-electron chi connectivity index (χ0n) is 19.8. The first-order valence-electron chi connectivity index (χ1n) is 11.5. The molecule has 0 saturated carbocycles. The molecule has 7 heteroatoms. The lowest BCUT2D eigenvalue weighted by molar-refractivity contribution is -0.116. The second-order valence-corrected chi connectivity index (χ2v) is 8.28. The van der Waals surface area contributed by atoms with E-state index in [9.17, 15) is 14.4 Å². The summed E-state index contributed by atoms with van der Waals surface area (Å²) < 4.78 is 7.00. The molecule has 36 heavy (non-hydrogen) atoms. The number of carbonyl (C=O) groups is 2. The zero-order chi connectivity index (χ0) is 25.3. The van der Waals surface area contributed by atoms with Crippen LogP contribution in [-0.4, -0.2) is 16.4 Å². The summed E-state index contributed by atoms with van der Waals surface area (Å²) in [4.78, 5) is 43.1. The van der Waals surface area contributed by atoms with Crippen LogP contribution in [0.5, 0.6) is 5.75 Å². The van der Waals surface area contributed by atoms with E-state index in [4.69, 9.17) is 9.57 Å². The number of pyridine rings is 1. The summed E-state index contributed by atoms with van der Waals surface area (Å²) in [6, 6.07) is 27.1. The fourth-order valence-corrected chi connectivity index (χ4v) is 3.52. The van der Waals surface area contributed by atoms with Crippen LogP contribution in [0.15, 0.2) is 102 Å². The number of hydrogen-bond donors (Lipinski definition) is 1. The molecule has 1 N–H and O–H groups in total. The van der Waals surface area contributed by atoms with E-state index < -0.39 is 11.3 Å². The minimum atomic E-state index is -0.519. The first kappa shape index (κ1) is 24.5. The summed E-state index contributed by atoms with van der Waals surface area (Å²) in [6.07, 6.45) is 1.71. The third-order valence-corrected chi connectivity index (χ3v) is 5.33. The van der Waals surface area contributed by atoms with Gasteiger partial charge in [0.05, 0.1) is 6.20 Å². The van der Waals surface area contributed by atoms with Gasteiger partial charge in [0, 0.05) is 18.2 Å². The first-order chi connectivity index (χ1) is 17.5. The molecular formula is C29H26N2O5. The topological polar surface area (TPSA) is 86.6 Å². The van der Waals surface area contributed by atoms with Crippen LogP contribution in [0.2, 0.25) is 0 Å². The number of ketones is 1. The molecule has 0 bridgehead atoms. The fourth-order valence-electron chi connectivity index (χ4n) is 3.52. The highest BCUT2D eigenvalue weighted by atomic mass is 16.7. The number of amides is 1. The number of anilines is 1. The predicted molar refractivity (Wildman–Crippen MR) is 137 cm³/mol. The molecule has 1 heterocycles. The smallest absolute Gasteiger partial charge is 0.275 e. The molecule has 7 nitrogen and oxygen atoms in total. The van der Waals surface area contributed by atoms with Crippen molar-refractivity contribution in [3.05, 3.63) is 130 Å². The van der Waals surface area contributed by atoms with Crippen molar-refractivity contribution >= 4 is 17.4 Å². The lowest BCUT2D eigenvalue weighted by atomic mass is 10.1. The molecule has 4 rings (SSSR count). The van der Waals surface area contributed by atoms with Crippen molar-refractivity contribution in [3.63, 3.8) is 0 Å². The van der Waals surface area contributed by atoms with E-state index >= 15 is 0 Å². The van der Waals surface area contributed by atoms with Gasteiger partial charge in [-0.1, -0.05) is 72.8 Å². The van der Waals surface area contributed by atoms with Gasteiger partial charge in [0.15, 0.2) is 5.75 Å². The van der Waals surface area contributed by atoms with Crippen LogP contribution in [0.4, 0.5) is 5.69 Å². The molecule has 0 aliphatic rings. The maximum atomic E-state index is 13.1. The van der Waals surface area contributed by atoms with Gasteiger partial charge in [-0.2, -0.15) is 4.73 Å². The Hall–Kier alpha value is -4.65. The molecule has 0 aliphatic carbocycles. The van der Waals surface area contributed by atoms with Gasteiger partial charge in [0.2, 0.25) is 5.43 Å². The second-order valence-electron chi connectivity index (χ2n) is 8.28. The molecular weight excluding hydrogens is 456 g/mol. The maximum absolute atomic E-state index is 13.1. The minimum absolute atomic E-state index is 0.0239. The number of nitrogens with one attached hydrogen (secondary N) is 1. The number of benzene rings is 3. The number of aromatic nitrogens is 1. The van der Waals surface area contributed by atoms with E-state index in [0.29, 0.717) is 12.1 Å². The highest BCUT2D eigenvalue weighted by Crippen LogP contribution is 2.14. The monoisotopic (exact) mass is 482 g/mol. The van der Waals surface area contributed by atoms with Crippen LogP contribution in [0.25, 0.3) is 0 Å². The molecule has 0 spiro atoms. The summed E-state index contributed by atoms with van der Waals surface area (Å²) in [6.45, 7) is 1.91. The molecule has 0 radical (unpaired) electrons. The molecule has 0 atom stereocenters. The Morgan fingerprint density at radius 2 is 1.42 bits per heavy atom. The van der Waals surface area contributed by atoms with Crippen molar-refractivity contribution in [2.24, 2.45) is 0 Å². The first-order valence-corrected chi connectivity index (χ1v) is 11.5. The van der Waals surface area contributed by atoms with Crippen molar-refractivity contribution in [2.75, 3.05) is 5.32 Å². The Bertz CT molecular complexity index is 1380. The van der Waals surface area contributed by atoms with Gasteiger partial charge in [0.25, 0.3) is 5.91 Å². The molecule has 182 valence electrons. The van der Waals surface area contributed by atoms with Crippen LogP contribution in [0.3, 0.4) is 0 Å². The third-order valence-electron chi connectivity index (χ3n) is 5.33. The molecule has 1 aromatic heterocycles. The minimum Gasteiger partial charge on any atom is -0.483 e. The number of hydrogen-bond acceptors (Lipinski definition) is 5. The SMILES string of the molecule is CC(=O)Cc1ccc(NC(=O)c2cc(=O)c(OCc3ccccc3)cn2OCc2ccccc2)cc1. The number of rotatable bonds is 10. The Labute approximate surface area is 208 Å². The lowest BCUT2D eigenvalue weighted by Crippen LogP contribution is -2.26. The quantitative estimate of drug-likeness (QED) is 0.361. The zero-order valence-corrected chi connectivity index (χ0v) is 19.8. The van der Waals surface area contributed by atoms with Gasteiger partial charge < -0.3 is 14.9 Å². The number of Topliss-reactive ketones (excluding diaryl/α,β-unsaturated/α-hetero) is 1.